The third-order valence-electron chi connectivity index (χ3n) is 4.67. The number of aryl methyl sites for hydroxylation is 1. The lowest BCUT2D eigenvalue weighted by Crippen LogP contribution is -2.33. The zero-order valence-electron chi connectivity index (χ0n) is 15.2. The molecule has 1 aliphatic rings. The molecule has 28 heavy (non-hydrogen) atoms. The van der Waals surface area contributed by atoms with Crippen molar-refractivity contribution < 1.29 is 13.2 Å². The number of hydrogen-bond acceptors (Lipinski definition) is 5. The molecule has 0 atom stereocenters. The van der Waals surface area contributed by atoms with Gasteiger partial charge in [-0.05, 0) is 48.7 Å². The number of para-hydroxylation sites is 2. The summed E-state index contributed by atoms with van der Waals surface area (Å²) in [5, 5.41) is 4.07. The van der Waals surface area contributed by atoms with E-state index in [0.717, 1.165) is 24.1 Å². The zero-order valence-corrected chi connectivity index (χ0v) is 16.1. The zero-order chi connectivity index (χ0) is 19.7. The number of benzene rings is 2. The second kappa shape index (κ2) is 7.08. The van der Waals surface area contributed by atoms with Gasteiger partial charge in [-0.3, -0.25) is 9.52 Å². The lowest BCUT2D eigenvalue weighted by molar-refractivity contribution is -0.116. The minimum absolute atomic E-state index is 0.0450. The van der Waals surface area contributed by atoms with E-state index in [-0.39, 0.29) is 10.8 Å². The first-order valence-corrected chi connectivity index (χ1v) is 10.3. The van der Waals surface area contributed by atoms with E-state index in [0.29, 0.717) is 17.9 Å². The fraction of sp³-hybridized carbons (Fsp3) is 0.211. The highest BCUT2D eigenvalue weighted by atomic mass is 32.2. The summed E-state index contributed by atoms with van der Waals surface area (Å²) in [6.07, 6.45) is 4.43. The number of hydrogen-bond donors (Lipinski definition) is 1. The SMILES string of the molecule is CC(=O)N1CCCc2cc(S(=O)(=O)Nc3ccccc3-n3cncn3)ccc21. The number of aromatic nitrogens is 3. The van der Waals surface area contributed by atoms with E-state index in [1.807, 2.05) is 0 Å². The molecule has 0 spiro atoms. The van der Waals surface area contributed by atoms with Gasteiger partial charge < -0.3 is 4.90 Å². The van der Waals surface area contributed by atoms with Crippen molar-refractivity contribution in [3.8, 4) is 5.69 Å². The molecule has 0 radical (unpaired) electrons. The van der Waals surface area contributed by atoms with Crippen molar-refractivity contribution in [3.63, 3.8) is 0 Å². The topological polar surface area (TPSA) is 97.2 Å². The molecule has 1 aliphatic heterocycles. The third-order valence-corrected chi connectivity index (χ3v) is 6.04. The highest BCUT2D eigenvalue weighted by molar-refractivity contribution is 7.92. The van der Waals surface area contributed by atoms with Crippen LogP contribution >= 0.6 is 0 Å². The van der Waals surface area contributed by atoms with Crippen LogP contribution in [-0.4, -0.2) is 35.6 Å². The second-order valence-corrected chi connectivity index (χ2v) is 8.21. The number of rotatable bonds is 4. The molecule has 2 aromatic carbocycles. The van der Waals surface area contributed by atoms with Gasteiger partial charge in [-0.25, -0.2) is 18.1 Å². The molecule has 0 aliphatic carbocycles. The number of carbonyl (C=O) groups is 1. The van der Waals surface area contributed by atoms with Gasteiger partial charge in [0.05, 0.1) is 16.3 Å². The average Bonchev–Trinajstić information content (AvgIpc) is 3.21. The number of amides is 1. The van der Waals surface area contributed by atoms with E-state index in [2.05, 4.69) is 14.8 Å². The van der Waals surface area contributed by atoms with E-state index in [1.54, 1.807) is 41.3 Å². The van der Waals surface area contributed by atoms with Crippen molar-refractivity contribution >= 4 is 27.3 Å². The molecule has 0 bridgehead atoms. The van der Waals surface area contributed by atoms with E-state index in [1.165, 1.54) is 30.3 Å². The molecule has 0 unspecified atom stereocenters. The quantitative estimate of drug-likeness (QED) is 0.729. The second-order valence-electron chi connectivity index (χ2n) is 6.53. The van der Waals surface area contributed by atoms with E-state index >= 15 is 0 Å². The molecule has 0 saturated heterocycles. The van der Waals surface area contributed by atoms with Crippen LogP contribution in [-0.2, 0) is 21.2 Å². The summed E-state index contributed by atoms with van der Waals surface area (Å²) in [7, 11) is -3.81. The maximum absolute atomic E-state index is 13.0. The van der Waals surface area contributed by atoms with Crippen molar-refractivity contribution in [2.75, 3.05) is 16.2 Å². The van der Waals surface area contributed by atoms with Crippen LogP contribution in [0.25, 0.3) is 5.69 Å². The van der Waals surface area contributed by atoms with Crippen molar-refractivity contribution in [2.24, 2.45) is 0 Å². The summed E-state index contributed by atoms with van der Waals surface area (Å²) in [6.45, 7) is 2.17. The molecule has 0 fully saturated rings. The number of fused-ring (bicyclic) bond motifs is 1. The molecule has 1 aromatic heterocycles. The van der Waals surface area contributed by atoms with Gasteiger partial charge in [0, 0.05) is 19.2 Å². The predicted molar refractivity (Wildman–Crippen MR) is 105 cm³/mol. The van der Waals surface area contributed by atoms with Crippen molar-refractivity contribution in [3.05, 3.63) is 60.7 Å². The van der Waals surface area contributed by atoms with Gasteiger partial charge in [0.25, 0.3) is 10.0 Å². The summed E-state index contributed by atoms with van der Waals surface area (Å²) < 4.78 is 30.1. The van der Waals surface area contributed by atoms with Crippen LogP contribution < -0.4 is 9.62 Å². The molecular weight excluding hydrogens is 378 g/mol. The number of carbonyl (C=O) groups excluding carboxylic acids is 1. The number of anilines is 2. The van der Waals surface area contributed by atoms with Crippen LogP contribution in [0, 0.1) is 0 Å². The minimum Gasteiger partial charge on any atom is -0.312 e. The Balaban J connectivity index is 1.68. The summed E-state index contributed by atoms with van der Waals surface area (Å²) >= 11 is 0. The first kappa shape index (κ1) is 18.2. The van der Waals surface area contributed by atoms with Gasteiger partial charge in [0.2, 0.25) is 5.91 Å². The molecule has 1 N–H and O–H groups in total. The Morgan fingerprint density at radius 1 is 1.14 bits per heavy atom. The summed E-state index contributed by atoms with van der Waals surface area (Å²) in [4.78, 5) is 17.6. The maximum Gasteiger partial charge on any atom is 0.261 e. The van der Waals surface area contributed by atoms with Gasteiger partial charge in [0.15, 0.2) is 0 Å². The standard InChI is InChI=1S/C19H19N5O3S/c1-14(25)23-10-4-5-15-11-16(8-9-18(15)23)28(26,27)22-17-6-2-3-7-19(17)24-13-20-12-21-24/h2-3,6-9,11-13,22H,4-5,10H2,1H3. The summed E-state index contributed by atoms with van der Waals surface area (Å²) in [5.74, 6) is -0.0450. The van der Waals surface area contributed by atoms with Crippen LogP contribution in [0.3, 0.4) is 0 Å². The summed E-state index contributed by atoms with van der Waals surface area (Å²) in [5.41, 5.74) is 2.61. The smallest absolute Gasteiger partial charge is 0.261 e. The number of nitrogens with one attached hydrogen (secondary N) is 1. The Morgan fingerprint density at radius 2 is 1.96 bits per heavy atom. The molecule has 0 saturated carbocycles. The van der Waals surface area contributed by atoms with Crippen LogP contribution in [0.4, 0.5) is 11.4 Å². The monoisotopic (exact) mass is 397 g/mol. The highest BCUT2D eigenvalue weighted by Crippen LogP contribution is 2.30. The molecular formula is C19H19N5O3S. The molecule has 8 nitrogen and oxygen atoms in total. The van der Waals surface area contributed by atoms with Gasteiger partial charge in [-0.2, -0.15) is 5.10 Å². The van der Waals surface area contributed by atoms with Crippen molar-refractivity contribution in [1.82, 2.24) is 14.8 Å². The van der Waals surface area contributed by atoms with Gasteiger partial charge in [0.1, 0.15) is 12.7 Å². The lowest BCUT2D eigenvalue weighted by Gasteiger charge is -2.28. The molecule has 2 heterocycles. The third kappa shape index (κ3) is 3.36. The van der Waals surface area contributed by atoms with Crippen molar-refractivity contribution in [1.29, 1.82) is 0 Å². The van der Waals surface area contributed by atoms with Gasteiger partial charge in [-0.15, -0.1) is 0 Å². The number of sulfonamides is 1. The lowest BCUT2D eigenvalue weighted by atomic mass is 10.0. The summed E-state index contributed by atoms with van der Waals surface area (Å²) in [6, 6.07) is 11.8. The minimum atomic E-state index is -3.81. The molecule has 1 amide bonds. The Labute approximate surface area is 162 Å². The fourth-order valence-corrected chi connectivity index (χ4v) is 4.49. The Bertz CT molecular complexity index is 1130. The number of nitrogens with zero attached hydrogens (tertiary/aromatic N) is 4. The van der Waals surface area contributed by atoms with Gasteiger partial charge >= 0.3 is 0 Å². The predicted octanol–water partition coefficient (Wildman–Crippen LogP) is 2.37. The Kier molecular flexibility index (Phi) is 4.60. The molecule has 9 heteroatoms. The van der Waals surface area contributed by atoms with Crippen LogP contribution in [0.1, 0.15) is 18.9 Å². The molecule has 144 valence electrons. The normalized spacial score (nSPS) is 13.8. The fourth-order valence-electron chi connectivity index (χ4n) is 3.36. The first-order chi connectivity index (χ1) is 13.5. The Hall–Kier alpha value is -3.20. The van der Waals surface area contributed by atoms with E-state index in [9.17, 15) is 13.2 Å². The van der Waals surface area contributed by atoms with Crippen LogP contribution in [0.15, 0.2) is 60.0 Å². The van der Waals surface area contributed by atoms with Crippen LogP contribution in [0.5, 0.6) is 0 Å². The van der Waals surface area contributed by atoms with Crippen molar-refractivity contribution in [2.45, 2.75) is 24.7 Å². The largest absolute Gasteiger partial charge is 0.312 e. The van der Waals surface area contributed by atoms with Crippen LogP contribution in [0.2, 0.25) is 0 Å². The highest BCUT2D eigenvalue weighted by Gasteiger charge is 2.23. The molecule has 3 aromatic rings. The molecule has 4 rings (SSSR count). The average molecular weight is 397 g/mol. The maximum atomic E-state index is 13.0. The first-order valence-electron chi connectivity index (χ1n) is 8.83. The van der Waals surface area contributed by atoms with Gasteiger partial charge in [-0.1, -0.05) is 12.1 Å². The van der Waals surface area contributed by atoms with E-state index in [4.69, 9.17) is 0 Å². The van der Waals surface area contributed by atoms with E-state index < -0.39 is 10.0 Å². The Morgan fingerprint density at radius 3 is 2.71 bits per heavy atom.